The fourth-order valence-electron chi connectivity index (χ4n) is 2.48. The van der Waals surface area contributed by atoms with Crippen LogP contribution in [0.1, 0.15) is 48.2 Å². The number of aromatic nitrogens is 2. The molecular weight excluding hydrogens is 236 g/mol. The molecule has 1 aromatic carbocycles. The third kappa shape index (κ3) is 2.50. The molecule has 2 aromatic rings. The van der Waals surface area contributed by atoms with E-state index in [1.54, 1.807) is 18.5 Å². The average Bonchev–Trinajstić information content (AvgIpc) is 2.41. The van der Waals surface area contributed by atoms with Crippen LogP contribution in [-0.2, 0) is 0 Å². The Bertz CT molecular complexity index is 520. The second-order valence-corrected chi connectivity index (χ2v) is 5.00. The van der Waals surface area contributed by atoms with Crippen LogP contribution in [0.15, 0.2) is 42.7 Å². The summed E-state index contributed by atoms with van der Waals surface area (Å²) in [5.41, 5.74) is 5.31. The summed E-state index contributed by atoms with van der Waals surface area (Å²) in [6.45, 7) is 0. The van der Waals surface area contributed by atoms with Gasteiger partial charge in [-0.2, -0.15) is 0 Å². The number of nitrogens with zero attached hydrogens (tertiary/aromatic N) is 2. The van der Waals surface area contributed by atoms with Gasteiger partial charge in [0, 0.05) is 12.4 Å². The molecule has 0 bridgehead atoms. The van der Waals surface area contributed by atoms with Crippen LogP contribution < -0.4 is 11.3 Å². The van der Waals surface area contributed by atoms with Gasteiger partial charge >= 0.3 is 0 Å². The molecule has 3 N–H and O–H groups in total. The van der Waals surface area contributed by atoms with E-state index in [0.717, 1.165) is 11.5 Å². The molecule has 1 saturated carbocycles. The largest absolute Gasteiger partial charge is 0.270 e. The molecule has 98 valence electrons. The van der Waals surface area contributed by atoms with Crippen molar-refractivity contribution in [3.63, 3.8) is 0 Å². The van der Waals surface area contributed by atoms with Crippen LogP contribution in [0.3, 0.4) is 0 Å². The second kappa shape index (κ2) is 5.47. The zero-order chi connectivity index (χ0) is 13.1. The van der Waals surface area contributed by atoms with Gasteiger partial charge in [0.2, 0.25) is 0 Å². The van der Waals surface area contributed by atoms with Crippen molar-refractivity contribution in [2.24, 2.45) is 5.84 Å². The number of hydrogen-bond donors (Lipinski definition) is 2. The molecule has 1 unspecified atom stereocenters. The van der Waals surface area contributed by atoms with E-state index in [1.165, 1.54) is 24.8 Å². The average molecular weight is 254 g/mol. The smallest absolute Gasteiger partial charge is 0.150 e. The monoisotopic (exact) mass is 254 g/mol. The minimum absolute atomic E-state index is 0.156. The van der Waals surface area contributed by atoms with Crippen molar-refractivity contribution in [1.82, 2.24) is 15.4 Å². The second-order valence-electron chi connectivity index (χ2n) is 5.00. The molecule has 0 spiro atoms. The van der Waals surface area contributed by atoms with Gasteiger partial charge in [0.05, 0.1) is 0 Å². The van der Waals surface area contributed by atoms with Crippen LogP contribution in [-0.4, -0.2) is 9.97 Å². The van der Waals surface area contributed by atoms with E-state index in [2.05, 4.69) is 39.7 Å². The molecular formula is C15H18N4. The van der Waals surface area contributed by atoms with Crippen LogP contribution in [0.4, 0.5) is 0 Å². The van der Waals surface area contributed by atoms with E-state index in [9.17, 15) is 0 Å². The third-order valence-corrected chi connectivity index (χ3v) is 3.86. The molecule has 0 saturated heterocycles. The van der Waals surface area contributed by atoms with E-state index in [1.807, 2.05) is 0 Å². The summed E-state index contributed by atoms with van der Waals surface area (Å²) in [5, 5.41) is 0. The highest BCUT2D eigenvalue weighted by Crippen LogP contribution is 2.36. The Kier molecular flexibility index (Phi) is 3.53. The third-order valence-electron chi connectivity index (χ3n) is 3.86. The minimum atomic E-state index is -0.156. The van der Waals surface area contributed by atoms with Crippen LogP contribution in [0.2, 0.25) is 0 Å². The van der Waals surface area contributed by atoms with Crippen LogP contribution in [0.5, 0.6) is 0 Å². The maximum absolute atomic E-state index is 5.64. The van der Waals surface area contributed by atoms with Crippen molar-refractivity contribution in [2.75, 3.05) is 0 Å². The Morgan fingerprint density at radius 3 is 2.32 bits per heavy atom. The highest BCUT2D eigenvalue weighted by molar-refractivity contribution is 5.31. The van der Waals surface area contributed by atoms with Gasteiger partial charge in [-0.15, -0.1) is 0 Å². The van der Waals surface area contributed by atoms with Crippen molar-refractivity contribution in [1.29, 1.82) is 0 Å². The molecule has 4 heteroatoms. The van der Waals surface area contributed by atoms with Gasteiger partial charge in [0.1, 0.15) is 6.04 Å². The van der Waals surface area contributed by atoms with E-state index < -0.39 is 0 Å². The van der Waals surface area contributed by atoms with Gasteiger partial charge in [-0.25, -0.2) is 15.4 Å². The number of hydrogen-bond acceptors (Lipinski definition) is 4. The Labute approximate surface area is 113 Å². The predicted octanol–water partition coefficient (Wildman–Crippen LogP) is 2.30. The molecule has 1 atom stereocenters. The van der Waals surface area contributed by atoms with Gasteiger partial charge in [-0.05, 0) is 36.0 Å². The summed E-state index contributed by atoms with van der Waals surface area (Å²) in [5.74, 6) is 7.09. The highest BCUT2D eigenvalue weighted by atomic mass is 15.2. The molecule has 0 radical (unpaired) electrons. The summed E-state index contributed by atoms with van der Waals surface area (Å²) in [6, 6.07) is 10.3. The molecule has 1 heterocycles. The number of nitrogens with one attached hydrogen (secondary N) is 1. The molecule has 19 heavy (non-hydrogen) atoms. The maximum atomic E-state index is 5.64. The van der Waals surface area contributed by atoms with Crippen molar-refractivity contribution in [2.45, 2.75) is 31.2 Å². The molecule has 1 aromatic heterocycles. The summed E-state index contributed by atoms with van der Waals surface area (Å²) in [6.07, 6.45) is 7.46. The first-order valence-electron chi connectivity index (χ1n) is 6.71. The number of benzene rings is 1. The Morgan fingerprint density at radius 2 is 1.79 bits per heavy atom. The van der Waals surface area contributed by atoms with Crippen LogP contribution in [0, 0.1) is 0 Å². The lowest BCUT2D eigenvalue weighted by atomic mass is 9.80. The van der Waals surface area contributed by atoms with Crippen molar-refractivity contribution in [3.8, 4) is 0 Å². The SMILES string of the molecule is NNC(c1ccc(C2CCC2)cc1)c1ncccn1. The van der Waals surface area contributed by atoms with Gasteiger partial charge in [0.15, 0.2) is 5.82 Å². The normalized spacial score (nSPS) is 16.9. The molecule has 1 fully saturated rings. The van der Waals surface area contributed by atoms with Gasteiger partial charge in [0.25, 0.3) is 0 Å². The highest BCUT2D eigenvalue weighted by Gasteiger charge is 2.20. The molecule has 0 aliphatic heterocycles. The van der Waals surface area contributed by atoms with Crippen LogP contribution >= 0.6 is 0 Å². The van der Waals surface area contributed by atoms with Crippen LogP contribution in [0.25, 0.3) is 0 Å². The quantitative estimate of drug-likeness (QED) is 0.649. The molecule has 1 aliphatic rings. The predicted molar refractivity (Wildman–Crippen MR) is 74.2 cm³/mol. The molecule has 3 rings (SSSR count). The fourth-order valence-corrected chi connectivity index (χ4v) is 2.48. The van der Waals surface area contributed by atoms with Crippen molar-refractivity contribution in [3.05, 3.63) is 59.7 Å². The molecule has 0 amide bonds. The van der Waals surface area contributed by atoms with E-state index in [4.69, 9.17) is 5.84 Å². The van der Waals surface area contributed by atoms with Gasteiger partial charge in [-0.1, -0.05) is 30.7 Å². The van der Waals surface area contributed by atoms with E-state index >= 15 is 0 Å². The Hall–Kier alpha value is -1.78. The first-order chi connectivity index (χ1) is 9.38. The van der Waals surface area contributed by atoms with Gasteiger partial charge in [-0.3, -0.25) is 5.84 Å². The lowest BCUT2D eigenvalue weighted by molar-refractivity contribution is 0.419. The molecule has 1 aliphatic carbocycles. The number of rotatable bonds is 4. The topological polar surface area (TPSA) is 63.8 Å². The lowest BCUT2D eigenvalue weighted by Crippen LogP contribution is -2.30. The summed E-state index contributed by atoms with van der Waals surface area (Å²) < 4.78 is 0. The minimum Gasteiger partial charge on any atom is -0.270 e. The lowest BCUT2D eigenvalue weighted by Gasteiger charge is -2.26. The Morgan fingerprint density at radius 1 is 1.11 bits per heavy atom. The summed E-state index contributed by atoms with van der Waals surface area (Å²) >= 11 is 0. The first kappa shape index (κ1) is 12.3. The zero-order valence-electron chi connectivity index (χ0n) is 10.8. The van der Waals surface area contributed by atoms with E-state index in [0.29, 0.717) is 5.82 Å². The molecule has 4 nitrogen and oxygen atoms in total. The summed E-state index contributed by atoms with van der Waals surface area (Å²) in [4.78, 5) is 8.52. The summed E-state index contributed by atoms with van der Waals surface area (Å²) in [7, 11) is 0. The van der Waals surface area contributed by atoms with Gasteiger partial charge < -0.3 is 0 Å². The maximum Gasteiger partial charge on any atom is 0.150 e. The number of nitrogens with two attached hydrogens (primary N) is 1. The Balaban J connectivity index is 1.83. The number of hydrazine groups is 1. The standard InChI is InChI=1S/C15H18N4/c16-19-14(15-17-9-2-10-18-15)13-7-5-12(6-8-13)11-3-1-4-11/h2,5-11,14,19H,1,3-4,16H2. The zero-order valence-corrected chi connectivity index (χ0v) is 10.8. The van der Waals surface area contributed by atoms with Crippen molar-refractivity contribution < 1.29 is 0 Å². The van der Waals surface area contributed by atoms with E-state index in [-0.39, 0.29) is 6.04 Å². The van der Waals surface area contributed by atoms with Crippen molar-refractivity contribution >= 4 is 0 Å². The fraction of sp³-hybridized carbons (Fsp3) is 0.333. The first-order valence-corrected chi connectivity index (χ1v) is 6.71.